The third-order valence-corrected chi connectivity index (χ3v) is 10.5. The number of hydrogen-bond donors (Lipinski definition) is 5. The van der Waals surface area contributed by atoms with Crippen molar-refractivity contribution in [3.8, 4) is 0 Å². The number of nitrogen functional groups attached to an aromatic ring is 2. The van der Waals surface area contributed by atoms with Crippen molar-refractivity contribution in [1.82, 2.24) is 39.0 Å². The highest BCUT2D eigenvalue weighted by molar-refractivity contribution is 8.44. The first-order valence-electron chi connectivity index (χ1n) is 12.9. The number of halogens is 2. The number of alkyl halides is 2. The maximum Gasteiger partial charge on any atom is 0.386 e. The second kappa shape index (κ2) is 11.2. The summed E-state index contributed by atoms with van der Waals surface area (Å²) in [7, 11) is 0. The minimum Gasteiger partial charge on any atom is -0.382 e. The lowest BCUT2D eigenvalue weighted by Gasteiger charge is -2.26. The van der Waals surface area contributed by atoms with Crippen molar-refractivity contribution in [3.05, 3.63) is 29.3 Å². The summed E-state index contributed by atoms with van der Waals surface area (Å²) in [5.41, 5.74) is 10.8. The lowest BCUT2D eigenvalue weighted by Crippen LogP contribution is -2.33. The van der Waals surface area contributed by atoms with Gasteiger partial charge >= 0.3 is 13.6 Å². The van der Waals surface area contributed by atoms with Crippen LogP contribution in [-0.2, 0) is 36.7 Å². The summed E-state index contributed by atoms with van der Waals surface area (Å²) in [5.74, 6) is -0.234. The molecule has 0 amide bonds. The van der Waals surface area contributed by atoms with Crippen molar-refractivity contribution in [2.75, 3.05) is 24.7 Å². The Morgan fingerprint density at radius 3 is 2.20 bits per heavy atom. The van der Waals surface area contributed by atoms with Gasteiger partial charge < -0.3 is 20.9 Å². The van der Waals surface area contributed by atoms with Gasteiger partial charge in [0.25, 0.3) is 5.56 Å². The molecule has 2 bridgehead atoms. The molecule has 3 saturated heterocycles. The van der Waals surface area contributed by atoms with E-state index in [-0.39, 0.29) is 34.1 Å². The maximum absolute atomic E-state index is 16.0. The van der Waals surface area contributed by atoms with Gasteiger partial charge in [0, 0.05) is 0 Å². The average Bonchev–Trinajstić information content (AvgIpc) is 3.72. The largest absolute Gasteiger partial charge is 0.386 e. The molecule has 0 spiro atoms. The van der Waals surface area contributed by atoms with Gasteiger partial charge in [0.1, 0.15) is 36.3 Å². The number of imidazole rings is 2. The Balaban J connectivity index is 1.21. The first-order valence-corrected chi connectivity index (χ1v) is 18.3. The highest BCUT2D eigenvalue weighted by atomic mass is 32.7. The standard InChI is InChI=1S/C20H22F2N10O9P2S2/c21-8-6-1-36-42(34,44)40-12-7(39-18(9(12)22)32-5-28-11-16(32)29-20(24)30-17(11)33)2-37-43(35,45)41-13(8)19(38-6)31-4-27-10-14(23)25-3-26-15(10)31/h3-9,12-13,18-19H,1-2H2,(H,34,44)(H,35,45)(H2,23,25,26)(H3,24,29,30,33)/t6?,7?,8-,9-,12-,13-,18-,19-,42-,43-/m1/s1. The molecular weight excluding hydrogens is 688 g/mol. The Kier molecular flexibility index (Phi) is 7.70. The predicted octanol–water partition coefficient (Wildman–Crippen LogP) is 1.49. The predicted molar refractivity (Wildman–Crippen MR) is 155 cm³/mol. The van der Waals surface area contributed by atoms with Gasteiger partial charge in [-0.3, -0.25) is 37.0 Å². The lowest BCUT2D eigenvalue weighted by molar-refractivity contribution is -0.0563. The maximum atomic E-state index is 16.0. The van der Waals surface area contributed by atoms with Gasteiger partial charge in [-0.25, -0.2) is 37.8 Å². The van der Waals surface area contributed by atoms with E-state index in [0.29, 0.717) is 0 Å². The van der Waals surface area contributed by atoms with Crippen LogP contribution >= 0.6 is 38.1 Å². The number of rotatable bonds is 2. The van der Waals surface area contributed by atoms with Gasteiger partial charge in [-0.2, -0.15) is 4.98 Å². The van der Waals surface area contributed by atoms with Gasteiger partial charge in [-0.05, 0) is 0 Å². The van der Waals surface area contributed by atoms with Crippen molar-refractivity contribution in [2.45, 2.75) is 49.2 Å². The molecule has 19 nitrogen and oxygen atoms in total. The van der Waals surface area contributed by atoms with Crippen molar-refractivity contribution in [1.29, 1.82) is 0 Å². The minimum atomic E-state index is -4.48. The normalized spacial score (nSPS) is 37.7. The molecule has 4 aromatic heterocycles. The van der Waals surface area contributed by atoms with Crippen LogP contribution in [-0.4, -0.2) is 89.0 Å². The number of H-pyrrole nitrogens is 1. The molecule has 10 atom stereocenters. The number of fused-ring (bicyclic) bond motifs is 5. The summed E-state index contributed by atoms with van der Waals surface area (Å²) < 4.78 is 94.2. The van der Waals surface area contributed by atoms with Gasteiger partial charge in [0.15, 0.2) is 47.4 Å². The fourth-order valence-corrected chi connectivity index (χ4v) is 8.17. The number of nitrogens with two attached hydrogens (primary N) is 2. The van der Waals surface area contributed by atoms with Crippen LogP contribution in [0.2, 0.25) is 0 Å². The number of hydrogen-bond acceptors (Lipinski definition) is 16. The first-order chi connectivity index (χ1) is 21.3. The smallest absolute Gasteiger partial charge is 0.382 e. The molecule has 25 heteroatoms. The number of ether oxygens (including phenoxy) is 2. The third kappa shape index (κ3) is 5.53. The fraction of sp³-hybridized carbons (Fsp3) is 0.500. The zero-order valence-electron chi connectivity index (χ0n) is 22.3. The summed E-state index contributed by atoms with van der Waals surface area (Å²) >= 11 is 7.94. The molecule has 45 heavy (non-hydrogen) atoms. The molecule has 0 saturated carbocycles. The van der Waals surface area contributed by atoms with Crippen molar-refractivity contribution < 1.29 is 45.5 Å². The van der Waals surface area contributed by atoms with E-state index < -0.39 is 81.6 Å². The Bertz CT molecular complexity index is 1950. The van der Waals surface area contributed by atoms with Crippen LogP contribution in [0.15, 0.2) is 23.8 Å². The molecule has 3 aliphatic heterocycles. The number of thiol groups is 2. The van der Waals surface area contributed by atoms with E-state index in [1.807, 2.05) is 0 Å². The number of nitrogens with one attached hydrogen (secondary N) is 1. The van der Waals surface area contributed by atoms with Crippen LogP contribution in [0.1, 0.15) is 12.5 Å². The highest BCUT2D eigenvalue weighted by Crippen LogP contribution is 2.60. The van der Waals surface area contributed by atoms with E-state index in [1.165, 1.54) is 10.9 Å². The molecule has 3 aliphatic rings. The quantitative estimate of drug-likeness (QED) is 0.146. The van der Waals surface area contributed by atoms with E-state index in [4.69, 9.17) is 39.0 Å². The summed E-state index contributed by atoms with van der Waals surface area (Å²) in [5, 5.41) is 0. The molecule has 3 fully saturated rings. The van der Waals surface area contributed by atoms with Crippen molar-refractivity contribution in [3.63, 3.8) is 0 Å². The average molecular weight is 711 g/mol. The molecule has 0 aliphatic carbocycles. The molecule has 0 radical (unpaired) electrons. The topological polar surface area (TPSA) is 249 Å². The van der Waals surface area contributed by atoms with E-state index in [9.17, 15) is 13.9 Å². The van der Waals surface area contributed by atoms with Crippen molar-refractivity contribution >= 4 is 72.2 Å². The Labute approximate surface area is 259 Å². The molecule has 4 aromatic rings. The summed E-state index contributed by atoms with van der Waals surface area (Å²) in [6.45, 7) is -10.4. The van der Waals surface area contributed by atoms with Gasteiger partial charge in [0.2, 0.25) is 5.95 Å². The third-order valence-electron chi connectivity index (χ3n) is 7.23. The lowest BCUT2D eigenvalue weighted by atomic mass is 10.1. The molecule has 242 valence electrons. The number of aromatic amines is 1. The Morgan fingerprint density at radius 2 is 1.47 bits per heavy atom. The first kappa shape index (κ1) is 30.9. The summed E-state index contributed by atoms with van der Waals surface area (Å²) in [6.07, 6.45) is -9.99. The zero-order valence-corrected chi connectivity index (χ0v) is 25.8. The van der Waals surface area contributed by atoms with E-state index >= 15 is 8.78 Å². The Hall–Kier alpha value is -2.72. The van der Waals surface area contributed by atoms with E-state index in [0.717, 1.165) is 17.2 Å². The minimum absolute atomic E-state index is 0.0368. The van der Waals surface area contributed by atoms with Gasteiger partial charge in [0.05, 0.1) is 25.9 Å². The van der Waals surface area contributed by atoms with E-state index in [2.05, 4.69) is 54.4 Å². The van der Waals surface area contributed by atoms with Crippen LogP contribution in [0.3, 0.4) is 0 Å². The molecule has 7 rings (SSSR count). The Morgan fingerprint density at radius 1 is 0.844 bits per heavy atom. The molecule has 2 unspecified atom stereocenters. The second-order valence-corrected chi connectivity index (χ2v) is 15.8. The van der Waals surface area contributed by atoms with Crippen LogP contribution in [0, 0.1) is 0 Å². The van der Waals surface area contributed by atoms with Crippen LogP contribution in [0.25, 0.3) is 22.3 Å². The molecule has 0 aromatic carbocycles. The SMILES string of the molecule is Nc1nc2c(ncn2[C@@H]2OC3CO[P@@](=O)(S)O[C@@H]4[C@H](F)C(CO[P@@](=O)(S)O[C@H]3[C@H]2F)O[C@H]4n2cnc3c(N)ncnc32)c(=O)[nH]1. The van der Waals surface area contributed by atoms with Gasteiger partial charge in [-0.1, -0.05) is 24.5 Å². The molecule has 5 N–H and O–H groups in total. The van der Waals surface area contributed by atoms with E-state index in [1.54, 1.807) is 0 Å². The second-order valence-electron chi connectivity index (χ2n) is 10.0. The highest BCUT2D eigenvalue weighted by Gasteiger charge is 2.54. The number of aromatic nitrogens is 8. The van der Waals surface area contributed by atoms with Crippen LogP contribution in [0.5, 0.6) is 0 Å². The molecule has 7 heterocycles. The zero-order chi connectivity index (χ0) is 31.8. The van der Waals surface area contributed by atoms with Crippen molar-refractivity contribution in [2.24, 2.45) is 0 Å². The fourth-order valence-electron chi connectivity index (χ4n) is 5.23. The molecular formula is C20H22F2N10O9P2S2. The number of nitrogens with zero attached hydrogens (tertiary/aromatic N) is 7. The van der Waals surface area contributed by atoms with Gasteiger partial charge in [-0.15, -0.1) is 0 Å². The monoisotopic (exact) mass is 710 g/mol. The van der Waals surface area contributed by atoms with Crippen LogP contribution < -0.4 is 17.0 Å². The summed E-state index contributed by atoms with van der Waals surface area (Å²) in [6, 6.07) is 0. The summed E-state index contributed by atoms with van der Waals surface area (Å²) in [4.78, 5) is 34.5. The number of anilines is 2. The van der Waals surface area contributed by atoms with Crippen LogP contribution in [0.4, 0.5) is 20.5 Å².